The minimum absolute atomic E-state index is 0.0596. The third-order valence-electron chi connectivity index (χ3n) is 4.25. The van der Waals surface area contributed by atoms with Gasteiger partial charge in [0.1, 0.15) is 0 Å². The maximum Gasteiger partial charge on any atom is 0.416 e. The van der Waals surface area contributed by atoms with Crippen LogP contribution in [0.15, 0.2) is 24.3 Å². The highest BCUT2D eigenvalue weighted by Crippen LogP contribution is 2.36. The number of alkyl halides is 3. The summed E-state index contributed by atoms with van der Waals surface area (Å²) in [5.41, 5.74) is -0.603. The van der Waals surface area contributed by atoms with Crippen molar-refractivity contribution in [1.82, 2.24) is 4.31 Å². The topological polar surface area (TPSA) is 71.5 Å². The van der Waals surface area contributed by atoms with E-state index in [0.29, 0.717) is 6.42 Å². The molecular formula is C13H14F3NO4S2. The van der Waals surface area contributed by atoms with Gasteiger partial charge in [-0.3, -0.25) is 0 Å². The standard InChI is InChI=1S/C13H14F3NO4S2/c14-13(15,16)10-3-1-9(2-4-10)7-23(20,21)17-6-12-5-11(17)8-22(12,18)19/h1-4,11-12H,5-8H2. The molecule has 23 heavy (non-hydrogen) atoms. The quantitative estimate of drug-likeness (QED) is 0.808. The molecule has 5 nitrogen and oxygen atoms in total. The number of fused-ring (bicyclic) bond motifs is 2. The Labute approximate surface area is 132 Å². The SMILES string of the molecule is O=S1(=O)CC2CC1CN2S(=O)(=O)Cc1ccc(C(F)(F)F)cc1. The van der Waals surface area contributed by atoms with Crippen molar-refractivity contribution >= 4 is 19.9 Å². The monoisotopic (exact) mass is 369 g/mol. The van der Waals surface area contributed by atoms with Crippen LogP contribution in [-0.2, 0) is 31.8 Å². The normalized spacial score (nSPS) is 27.4. The van der Waals surface area contributed by atoms with E-state index in [1.165, 1.54) is 4.31 Å². The molecule has 0 aromatic heterocycles. The lowest BCUT2D eigenvalue weighted by molar-refractivity contribution is -0.137. The zero-order chi connectivity index (χ0) is 17.0. The second-order valence-corrected chi connectivity index (χ2v) is 10.1. The number of hydrogen-bond donors (Lipinski definition) is 0. The lowest BCUT2D eigenvalue weighted by atomic mass is 10.1. The van der Waals surface area contributed by atoms with Crippen LogP contribution < -0.4 is 0 Å². The summed E-state index contributed by atoms with van der Waals surface area (Å²) in [4.78, 5) is 0. The van der Waals surface area contributed by atoms with Gasteiger partial charge in [0.25, 0.3) is 0 Å². The second kappa shape index (κ2) is 5.18. The number of hydrogen-bond acceptors (Lipinski definition) is 4. The molecule has 0 aliphatic carbocycles. The van der Waals surface area contributed by atoms with Crippen LogP contribution in [0.2, 0.25) is 0 Å². The fraction of sp³-hybridized carbons (Fsp3) is 0.538. The Kier molecular flexibility index (Phi) is 3.77. The molecule has 2 heterocycles. The highest BCUT2D eigenvalue weighted by Gasteiger charge is 2.52. The number of sulfonamides is 1. The van der Waals surface area contributed by atoms with Crippen LogP contribution in [0.3, 0.4) is 0 Å². The van der Waals surface area contributed by atoms with Gasteiger partial charge in [0.05, 0.1) is 22.3 Å². The summed E-state index contributed by atoms with van der Waals surface area (Å²) in [5.74, 6) is -0.613. The molecule has 0 radical (unpaired) electrons. The molecule has 0 saturated carbocycles. The number of nitrogens with zero attached hydrogens (tertiary/aromatic N) is 1. The second-order valence-electron chi connectivity index (χ2n) is 5.86. The van der Waals surface area contributed by atoms with E-state index >= 15 is 0 Å². The number of halogens is 3. The summed E-state index contributed by atoms with van der Waals surface area (Å²) in [7, 11) is -6.96. The first-order valence-corrected chi connectivity index (χ1v) is 10.2. The highest BCUT2D eigenvalue weighted by molar-refractivity contribution is 7.93. The van der Waals surface area contributed by atoms with E-state index in [2.05, 4.69) is 0 Å². The Morgan fingerprint density at radius 2 is 1.78 bits per heavy atom. The molecule has 2 unspecified atom stereocenters. The predicted octanol–water partition coefficient (Wildman–Crippen LogP) is 1.41. The van der Waals surface area contributed by atoms with Crippen LogP contribution in [0.5, 0.6) is 0 Å². The molecule has 1 aromatic rings. The van der Waals surface area contributed by atoms with E-state index in [4.69, 9.17) is 0 Å². The first-order chi connectivity index (χ1) is 10.5. The Balaban J connectivity index is 1.76. The Morgan fingerprint density at radius 1 is 1.17 bits per heavy atom. The maximum atomic E-state index is 12.5. The molecule has 0 N–H and O–H groups in total. The van der Waals surface area contributed by atoms with Gasteiger partial charge in [0.15, 0.2) is 9.84 Å². The van der Waals surface area contributed by atoms with Crippen LogP contribution in [-0.4, -0.2) is 44.7 Å². The zero-order valence-corrected chi connectivity index (χ0v) is 13.5. The molecule has 0 spiro atoms. The van der Waals surface area contributed by atoms with Gasteiger partial charge < -0.3 is 0 Å². The zero-order valence-electron chi connectivity index (χ0n) is 11.8. The van der Waals surface area contributed by atoms with Gasteiger partial charge in [-0.05, 0) is 24.1 Å². The van der Waals surface area contributed by atoms with Crippen LogP contribution in [0.4, 0.5) is 13.2 Å². The lowest BCUT2D eigenvalue weighted by Gasteiger charge is -2.26. The van der Waals surface area contributed by atoms with E-state index in [-0.39, 0.29) is 17.9 Å². The number of rotatable bonds is 3. The van der Waals surface area contributed by atoms with Crippen molar-refractivity contribution in [1.29, 1.82) is 0 Å². The molecule has 2 saturated heterocycles. The first kappa shape index (κ1) is 16.7. The van der Waals surface area contributed by atoms with Crippen molar-refractivity contribution in [2.24, 2.45) is 0 Å². The van der Waals surface area contributed by atoms with Gasteiger partial charge in [-0.2, -0.15) is 17.5 Å². The van der Waals surface area contributed by atoms with Crippen LogP contribution in [0, 0.1) is 0 Å². The van der Waals surface area contributed by atoms with Crippen LogP contribution >= 0.6 is 0 Å². The van der Waals surface area contributed by atoms with Crippen LogP contribution in [0.25, 0.3) is 0 Å². The minimum Gasteiger partial charge on any atom is -0.228 e. The van der Waals surface area contributed by atoms with Gasteiger partial charge in [0.2, 0.25) is 10.0 Å². The van der Waals surface area contributed by atoms with Gasteiger partial charge >= 0.3 is 6.18 Å². The van der Waals surface area contributed by atoms with Crippen molar-refractivity contribution in [2.75, 3.05) is 12.3 Å². The average Bonchev–Trinajstić information content (AvgIpc) is 2.93. The molecular weight excluding hydrogens is 355 g/mol. The smallest absolute Gasteiger partial charge is 0.228 e. The molecule has 2 atom stereocenters. The van der Waals surface area contributed by atoms with Crippen molar-refractivity contribution in [2.45, 2.75) is 29.6 Å². The molecule has 1 aromatic carbocycles. The van der Waals surface area contributed by atoms with Crippen LogP contribution in [0.1, 0.15) is 17.5 Å². The van der Waals surface area contributed by atoms with Gasteiger partial charge in [0, 0.05) is 12.6 Å². The average molecular weight is 369 g/mol. The number of benzene rings is 1. The summed E-state index contributed by atoms with van der Waals surface area (Å²) in [6, 6.07) is 3.39. The molecule has 2 fully saturated rings. The van der Waals surface area contributed by atoms with Crippen molar-refractivity contribution in [3.63, 3.8) is 0 Å². The molecule has 2 aliphatic rings. The van der Waals surface area contributed by atoms with Crippen molar-refractivity contribution in [3.8, 4) is 0 Å². The molecule has 2 aliphatic heterocycles. The fourth-order valence-electron chi connectivity index (χ4n) is 3.09. The summed E-state index contributed by atoms with van der Waals surface area (Å²) >= 11 is 0. The van der Waals surface area contributed by atoms with E-state index in [1.807, 2.05) is 0 Å². The van der Waals surface area contributed by atoms with Gasteiger partial charge in [-0.1, -0.05) is 12.1 Å². The third-order valence-corrected chi connectivity index (χ3v) is 8.31. The van der Waals surface area contributed by atoms with Crippen molar-refractivity contribution in [3.05, 3.63) is 35.4 Å². The Bertz CT molecular complexity index is 816. The van der Waals surface area contributed by atoms with Gasteiger partial charge in [-0.15, -0.1) is 0 Å². The van der Waals surface area contributed by atoms with Gasteiger partial charge in [-0.25, -0.2) is 16.8 Å². The molecule has 0 amide bonds. The highest BCUT2D eigenvalue weighted by atomic mass is 32.2. The summed E-state index contributed by atoms with van der Waals surface area (Å²) in [5, 5.41) is -0.658. The molecule has 10 heteroatoms. The maximum absolute atomic E-state index is 12.5. The van der Waals surface area contributed by atoms with E-state index in [0.717, 1.165) is 24.3 Å². The summed E-state index contributed by atoms with van der Waals surface area (Å²) in [6.07, 6.45) is -4.17. The van der Waals surface area contributed by atoms with E-state index < -0.39 is 48.6 Å². The fourth-order valence-corrected chi connectivity index (χ4v) is 7.10. The number of sulfone groups is 1. The molecule has 128 valence electrons. The van der Waals surface area contributed by atoms with Crippen molar-refractivity contribution < 1.29 is 30.0 Å². The van der Waals surface area contributed by atoms with E-state index in [9.17, 15) is 30.0 Å². The minimum atomic E-state index is -4.47. The largest absolute Gasteiger partial charge is 0.416 e. The van der Waals surface area contributed by atoms with E-state index in [1.54, 1.807) is 0 Å². The first-order valence-electron chi connectivity index (χ1n) is 6.86. The molecule has 2 bridgehead atoms. The molecule has 3 rings (SSSR count). The third kappa shape index (κ3) is 3.11. The summed E-state index contributed by atoms with van der Waals surface area (Å²) < 4.78 is 86.8. The predicted molar refractivity (Wildman–Crippen MR) is 76.8 cm³/mol. The lowest BCUT2D eigenvalue weighted by Crippen LogP contribution is -2.44. The Hall–Kier alpha value is -1.13. The Morgan fingerprint density at radius 3 is 2.22 bits per heavy atom. The summed E-state index contributed by atoms with van der Waals surface area (Å²) in [6.45, 7) is -0.0596.